The van der Waals surface area contributed by atoms with Crippen LogP contribution in [0.5, 0.6) is 0 Å². The summed E-state index contributed by atoms with van der Waals surface area (Å²) in [6.45, 7) is 1.86. The van der Waals surface area contributed by atoms with Crippen molar-refractivity contribution >= 4 is 23.2 Å². The fraction of sp³-hybridized carbons (Fsp3) is 0.538. The lowest BCUT2D eigenvalue weighted by Gasteiger charge is -2.33. The number of carboxylic acid groups (broad SMARTS) is 1. The quantitative estimate of drug-likeness (QED) is 0.884. The number of rotatable bonds is 3. The normalized spacial score (nSPS) is 18.3. The predicted octanol–water partition coefficient (Wildman–Crippen LogP) is 2.57. The fourth-order valence-corrected chi connectivity index (χ4v) is 3.25. The van der Waals surface area contributed by atoms with Crippen molar-refractivity contribution in [2.24, 2.45) is 0 Å². The van der Waals surface area contributed by atoms with E-state index in [-0.39, 0.29) is 5.91 Å². The summed E-state index contributed by atoms with van der Waals surface area (Å²) in [5.41, 5.74) is -0.167. The van der Waals surface area contributed by atoms with Gasteiger partial charge in [-0.15, -0.1) is 11.3 Å². The maximum Gasteiger partial charge on any atom is 0.329 e. The summed E-state index contributed by atoms with van der Waals surface area (Å²) in [4.78, 5) is 24.2. The standard InChI is InChI=1S/C13H17NO3S/c1-9-5-8-18-10(9)11(15)14-13(12(16)17)6-3-2-4-7-13/h5,8H,2-4,6-7H2,1H3,(H,14,15)(H,16,17). The molecule has 0 spiro atoms. The zero-order valence-corrected chi connectivity index (χ0v) is 11.2. The number of amides is 1. The highest BCUT2D eigenvalue weighted by molar-refractivity contribution is 7.12. The summed E-state index contributed by atoms with van der Waals surface area (Å²) in [5.74, 6) is -1.17. The molecular weight excluding hydrogens is 250 g/mol. The minimum Gasteiger partial charge on any atom is -0.480 e. The molecule has 0 aliphatic heterocycles. The number of thiophene rings is 1. The molecule has 0 unspecified atom stereocenters. The van der Waals surface area contributed by atoms with Crippen molar-refractivity contribution in [3.05, 3.63) is 21.9 Å². The Morgan fingerprint density at radius 3 is 2.50 bits per heavy atom. The van der Waals surface area contributed by atoms with E-state index < -0.39 is 11.5 Å². The van der Waals surface area contributed by atoms with Crippen molar-refractivity contribution < 1.29 is 14.7 Å². The lowest BCUT2D eigenvalue weighted by molar-refractivity contribution is -0.145. The first-order valence-corrected chi connectivity index (χ1v) is 7.03. The van der Waals surface area contributed by atoms with E-state index in [1.54, 1.807) is 0 Å². The summed E-state index contributed by atoms with van der Waals surface area (Å²) in [5, 5.41) is 14.0. The maximum atomic E-state index is 12.1. The predicted molar refractivity (Wildman–Crippen MR) is 70.0 cm³/mol. The molecule has 0 atom stereocenters. The van der Waals surface area contributed by atoms with Crippen LogP contribution in [0, 0.1) is 6.92 Å². The largest absolute Gasteiger partial charge is 0.480 e. The molecule has 2 rings (SSSR count). The molecule has 1 aliphatic carbocycles. The minimum atomic E-state index is -1.06. The SMILES string of the molecule is Cc1ccsc1C(=O)NC1(C(=O)O)CCCCC1. The molecule has 0 radical (unpaired) electrons. The Bertz CT molecular complexity index is 461. The Kier molecular flexibility index (Phi) is 3.71. The average Bonchev–Trinajstić information content (AvgIpc) is 2.76. The Hall–Kier alpha value is -1.36. The molecule has 1 aromatic rings. The molecule has 0 saturated heterocycles. The van der Waals surface area contributed by atoms with E-state index >= 15 is 0 Å². The number of nitrogens with one attached hydrogen (secondary N) is 1. The third kappa shape index (κ3) is 2.41. The summed E-state index contributed by atoms with van der Waals surface area (Å²) >= 11 is 1.35. The first-order chi connectivity index (χ1) is 8.55. The van der Waals surface area contributed by atoms with E-state index in [9.17, 15) is 14.7 Å². The van der Waals surface area contributed by atoms with Gasteiger partial charge in [-0.3, -0.25) is 4.79 Å². The molecule has 1 aromatic heterocycles. The van der Waals surface area contributed by atoms with Crippen LogP contribution in [0.3, 0.4) is 0 Å². The summed E-state index contributed by atoms with van der Waals surface area (Å²) in [6, 6.07) is 1.87. The molecule has 2 N–H and O–H groups in total. The van der Waals surface area contributed by atoms with Gasteiger partial charge < -0.3 is 10.4 Å². The highest BCUT2D eigenvalue weighted by atomic mass is 32.1. The van der Waals surface area contributed by atoms with Crippen LogP contribution in [0.1, 0.15) is 47.3 Å². The highest BCUT2D eigenvalue weighted by Crippen LogP contribution is 2.29. The van der Waals surface area contributed by atoms with Gasteiger partial charge in [0.2, 0.25) is 0 Å². The van der Waals surface area contributed by atoms with E-state index in [1.807, 2.05) is 18.4 Å². The second-order valence-corrected chi connectivity index (χ2v) is 5.75. The Morgan fingerprint density at radius 1 is 1.33 bits per heavy atom. The second-order valence-electron chi connectivity index (χ2n) is 4.83. The Morgan fingerprint density at radius 2 is 2.00 bits per heavy atom. The van der Waals surface area contributed by atoms with Crippen molar-refractivity contribution in [3.8, 4) is 0 Å². The van der Waals surface area contributed by atoms with Crippen molar-refractivity contribution in [1.29, 1.82) is 0 Å². The fourth-order valence-electron chi connectivity index (χ4n) is 2.43. The van der Waals surface area contributed by atoms with Gasteiger partial charge in [0.25, 0.3) is 5.91 Å². The molecule has 0 bridgehead atoms. The summed E-state index contributed by atoms with van der Waals surface area (Å²) < 4.78 is 0. The van der Waals surface area contributed by atoms with Crippen LogP contribution < -0.4 is 5.32 Å². The van der Waals surface area contributed by atoms with Crippen molar-refractivity contribution in [3.63, 3.8) is 0 Å². The van der Waals surface area contributed by atoms with E-state index in [1.165, 1.54) is 11.3 Å². The first-order valence-electron chi connectivity index (χ1n) is 6.15. The van der Waals surface area contributed by atoms with Crippen LogP contribution in [-0.4, -0.2) is 22.5 Å². The average molecular weight is 267 g/mol. The summed E-state index contributed by atoms with van der Waals surface area (Å²) in [6.07, 6.45) is 3.81. The van der Waals surface area contributed by atoms with Gasteiger partial charge in [-0.25, -0.2) is 4.79 Å². The number of carbonyl (C=O) groups excluding carboxylic acids is 1. The third-order valence-electron chi connectivity index (χ3n) is 3.54. The Labute approximate surface area is 110 Å². The van der Waals surface area contributed by atoms with Gasteiger partial charge in [-0.2, -0.15) is 0 Å². The van der Waals surface area contributed by atoms with Gasteiger partial charge >= 0.3 is 5.97 Å². The van der Waals surface area contributed by atoms with E-state index in [4.69, 9.17) is 0 Å². The molecule has 5 heteroatoms. The van der Waals surface area contributed by atoms with Crippen molar-refractivity contribution in [2.75, 3.05) is 0 Å². The molecule has 1 aliphatic rings. The van der Waals surface area contributed by atoms with Crippen LogP contribution in [0.4, 0.5) is 0 Å². The van der Waals surface area contributed by atoms with Gasteiger partial charge in [-0.1, -0.05) is 19.3 Å². The molecule has 1 amide bonds. The van der Waals surface area contributed by atoms with Gasteiger partial charge in [0.15, 0.2) is 0 Å². The van der Waals surface area contributed by atoms with E-state index in [0.29, 0.717) is 17.7 Å². The Balaban J connectivity index is 2.17. The molecule has 1 heterocycles. The number of aryl methyl sites for hydroxylation is 1. The molecule has 98 valence electrons. The third-order valence-corrected chi connectivity index (χ3v) is 4.55. The smallest absolute Gasteiger partial charge is 0.329 e. The topological polar surface area (TPSA) is 66.4 Å². The van der Waals surface area contributed by atoms with Gasteiger partial charge in [0.1, 0.15) is 5.54 Å². The molecule has 18 heavy (non-hydrogen) atoms. The number of aliphatic carboxylic acids is 1. The van der Waals surface area contributed by atoms with Crippen LogP contribution in [0.2, 0.25) is 0 Å². The van der Waals surface area contributed by atoms with Crippen molar-refractivity contribution in [1.82, 2.24) is 5.32 Å². The maximum absolute atomic E-state index is 12.1. The molecular formula is C13H17NO3S. The number of hydrogen-bond acceptors (Lipinski definition) is 3. The van der Waals surface area contributed by atoms with Gasteiger partial charge in [0.05, 0.1) is 4.88 Å². The summed E-state index contributed by atoms with van der Waals surface area (Å²) in [7, 11) is 0. The molecule has 0 aromatic carbocycles. The molecule has 1 fully saturated rings. The van der Waals surface area contributed by atoms with Crippen LogP contribution in [0.15, 0.2) is 11.4 Å². The van der Waals surface area contributed by atoms with Gasteiger partial charge in [-0.05, 0) is 36.8 Å². The van der Waals surface area contributed by atoms with Crippen molar-refractivity contribution in [2.45, 2.75) is 44.6 Å². The van der Waals surface area contributed by atoms with Crippen LogP contribution in [0.25, 0.3) is 0 Å². The zero-order valence-electron chi connectivity index (χ0n) is 10.4. The number of carboxylic acids is 1. The number of hydrogen-bond donors (Lipinski definition) is 2. The first kappa shape index (κ1) is 13.1. The highest BCUT2D eigenvalue weighted by Gasteiger charge is 2.41. The zero-order chi connectivity index (χ0) is 13.2. The van der Waals surface area contributed by atoms with E-state index in [0.717, 1.165) is 24.8 Å². The van der Waals surface area contributed by atoms with Gasteiger partial charge in [0, 0.05) is 0 Å². The minimum absolute atomic E-state index is 0.258. The van der Waals surface area contributed by atoms with Crippen LogP contribution in [-0.2, 0) is 4.79 Å². The number of carbonyl (C=O) groups is 2. The van der Waals surface area contributed by atoms with Crippen LogP contribution >= 0.6 is 11.3 Å². The molecule has 1 saturated carbocycles. The monoisotopic (exact) mass is 267 g/mol. The lowest BCUT2D eigenvalue weighted by atomic mass is 9.81. The molecule has 4 nitrogen and oxygen atoms in total. The van der Waals surface area contributed by atoms with E-state index in [2.05, 4.69) is 5.32 Å². The second kappa shape index (κ2) is 5.10. The lowest BCUT2D eigenvalue weighted by Crippen LogP contribution is -2.55.